The Morgan fingerprint density at radius 1 is 0.689 bits per heavy atom. The molecule has 0 aliphatic rings. The smallest absolute Gasteiger partial charge is 0.790 e. The van der Waals surface area contributed by atoms with Crippen molar-refractivity contribution in [3.8, 4) is 71.0 Å². The average molecular weight is 697 g/mol. The maximum atomic E-state index is 12.2. The summed E-state index contributed by atoms with van der Waals surface area (Å²) in [5.41, 5.74) is 0. The number of phosphoric ester groups is 1. The number of carbonyl (C=O) groups is 2. The zero-order chi connectivity index (χ0) is 31.2. The molecule has 0 rings (SSSR count). The number of esters is 2. The third kappa shape index (κ3) is 40.7. The number of unbranched alkanes of at least 4 members (excludes halogenated alkanes) is 12. The van der Waals surface area contributed by atoms with Crippen LogP contribution >= 0.6 is 21.3 Å². The molecular weight excluding hydrogens is 633 g/mol. The van der Waals surface area contributed by atoms with E-state index in [2.05, 4.69) is 82.5 Å². The summed E-state index contributed by atoms with van der Waals surface area (Å²) >= 11 is 0. The van der Waals surface area contributed by atoms with Gasteiger partial charge in [-0.15, -0.1) is 0 Å². The first kappa shape index (κ1) is 50.6. The number of hydrogen-bond acceptors (Lipinski definition) is 8. The topological polar surface area (TPSA) is 125 Å². The predicted molar refractivity (Wildman–Crippen MR) is 191 cm³/mol. The molecule has 0 aromatic heterocycles. The van der Waals surface area contributed by atoms with Gasteiger partial charge in [-0.25, -0.2) is 4.79 Å². The van der Waals surface area contributed by atoms with Crippen molar-refractivity contribution in [2.45, 2.75) is 110 Å². The van der Waals surface area contributed by atoms with E-state index in [1.54, 1.807) is 6.92 Å². The number of ether oxygens (including phenoxy) is 2. The molecular formula is C33H63Na2O8PS. The Hall–Kier alpha value is -1.24. The Morgan fingerprint density at radius 2 is 1.11 bits per heavy atom. The first-order chi connectivity index (χ1) is 20.3. The van der Waals surface area contributed by atoms with Crippen LogP contribution in [0.3, 0.4) is 0 Å². The van der Waals surface area contributed by atoms with E-state index < -0.39 is 39.1 Å². The van der Waals surface area contributed by atoms with E-state index in [1.165, 1.54) is 57.8 Å². The molecule has 0 spiro atoms. The number of hydrogen-bond donors (Lipinski definition) is 0. The molecule has 1 atom stereocenters. The molecule has 0 saturated heterocycles. The van der Waals surface area contributed by atoms with Gasteiger partial charge in [-0.2, -0.15) is 13.5 Å². The van der Waals surface area contributed by atoms with E-state index in [1.807, 2.05) is 0 Å². The van der Waals surface area contributed by atoms with Crippen molar-refractivity contribution in [2.75, 3.05) is 13.2 Å². The van der Waals surface area contributed by atoms with Gasteiger partial charge in [0.1, 0.15) is 6.61 Å². The molecule has 0 heterocycles. The molecule has 0 amide bonds. The Kier molecular flexibility index (Phi) is 41.9. The molecule has 0 aliphatic heterocycles. The van der Waals surface area contributed by atoms with Gasteiger partial charge in [-0.05, 0) is 72.5 Å². The molecule has 12 heteroatoms. The molecule has 0 radical (unpaired) electrons. The van der Waals surface area contributed by atoms with Gasteiger partial charge in [0.15, 0.2) is 6.10 Å². The first-order valence-electron chi connectivity index (χ1n) is 14.2. The summed E-state index contributed by atoms with van der Waals surface area (Å²) in [5, 5.41) is 0. The summed E-state index contributed by atoms with van der Waals surface area (Å²) in [6.07, 6.45) is 13.9. The SMILES string of the molecule is CC#CC#CC#CC#CC#CC#CC(=O)OC[C@@H](COP(=O)([O-])[O-])OC(=O)CCCCCCCCCCCCCCC.S.[HH].[HH].[HH].[HH].[HH].[HH].[HH].[HH].[HH].[HH].[HH].[Na+].[Na+]. The van der Waals surface area contributed by atoms with Crippen molar-refractivity contribution >= 4 is 33.3 Å². The van der Waals surface area contributed by atoms with Crippen molar-refractivity contribution in [1.29, 1.82) is 0 Å². The minimum Gasteiger partial charge on any atom is -0.790 e. The largest absolute Gasteiger partial charge is 1.00 e. The fourth-order valence-electron chi connectivity index (χ4n) is 3.42. The Bertz CT molecular complexity index is 1290. The molecule has 45 heavy (non-hydrogen) atoms. The van der Waals surface area contributed by atoms with Crippen molar-refractivity contribution in [3.63, 3.8) is 0 Å². The summed E-state index contributed by atoms with van der Waals surface area (Å²) in [4.78, 5) is 45.6. The van der Waals surface area contributed by atoms with Crippen LogP contribution < -0.4 is 68.9 Å². The zero-order valence-electron chi connectivity index (χ0n) is 27.1. The standard InChI is InChI=1S/C33H41O8P.2Na.H2S.11H2/c1-3-5-7-9-11-13-15-16-18-20-22-24-26-28-33(35)41-31(30-40-42(36,37)38)29-39-32(34)27-25-23-21-19-17-14-12-10-8-6-4-2;;;;;;;;;;;;;;/h31H,3,5,7,9,11,13,15-16,18,20,22,24,26,28-30H2,1-2H3,(H2,36,37,38);;;1H2;11*1H/q;2*+1;;;;;;;;;;;;/p-2/t31-;;;;;;;;;;;;;;/m0............../s1. The molecule has 8 nitrogen and oxygen atoms in total. The monoisotopic (exact) mass is 696 g/mol. The van der Waals surface area contributed by atoms with E-state index in [4.69, 9.17) is 9.47 Å². The fourth-order valence-corrected chi connectivity index (χ4v) is 3.77. The van der Waals surface area contributed by atoms with Gasteiger partial charge in [-0.1, -0.05) is 89.9 Å². The number of carbonyl (C=O) groups excluding carboxylic acids is 2. The second-order valence-electron chi connectivity index (χ2n) is 9.07. The molecule has 0 bridgehead atoms. The summed E-state index contributed by atoms with van der Waals surface area (Å²) in [6.45, 7) is 2.54. The van der Waals surface area contributed by atoms with Gasteiger partial charge in [0, 0.05) is 28.0 Å². The summed E-state index contributed by atoms with van der Waals surface area (Å²) in [7, 11) is -5.32. The zero-order valence-corrected chi connectivity index (χ0v) is 33.0. The summed E-state index contributed by atoms with van der Waals surface area (Å²) < 4.78 is 25.0. The van der Waals surface area contributed by atoms with E-state index >= 15 is 0 Å². The minimum atomic E-state index is -5.32. The Balaban J connectivity index is -0.0000000924. The normalized spacial score (nSPS) is 9.42. The van der Waals surface area contributed by atoms with Crippen LogP contribution in [0, 0.1) is 71.0 Å². The van der Waals surface area contributed by atoms with Gasteiger partial charge in [0.2, 0.25) is 0 Å². The van der Waals surface area contributed by atoms with Crippen molar-refractivity contribution in [1.82, 2.24) is 0 Å². The number of rotatable bonds is 20. The van der Waals surface area contributed by atoms with Crippen LogP contribution in [0.4, 0.5) is 0 Å². The van der Waals surface area contributed by atoms with Crippen molar-refractivity contribution in [3.05, 3.63) is 0 Å². The van der Waals surface area contributed by atoms with E-state index in [9.17, 15) is 23.9 Å². The van der Waals surface area contributed by atoms with E-state index in [0.29, 0.717) is 6.42 Å². The third-order valence-corrected chi connectivity index (χ3v) is 5.92. The van der Waals surface area contributed by atoms with Crippen LogP contribution in [0.1, 0.15) is 119 Å². The molecule has 0 N–H and O–H groups in total. The molecule has 0 aromatic carbocycles. The molecule has 0 saturated carbocycles. The van der Waals surface area contributed by atoms with Crippen LogP contribution in [0.15, 0.2) is 0 Å². The summed E-state index contributed by atoms with van der Waals surface area (Å²) in [5.74, 6) is 27.1. The van der Waals surface area contributed by atoms with Crippen LogP contribution in [-0.2, 0) is 28.2 Å². The maximum absolute atomic E-state index is 12.2. The van der Waals surface area contributed by atoms with Gasteiger partial charge in [-0.3, -0.25) is 4.79 Å². The van der Waals surface area contributed by atoms with Crippen LogP contribution in [0.2, 0.25) is 0 Å². The van der Waals surface area contributed by atoms with E-state index in [-0.39, 0.29) is 94.7 Å². The van der Waals surface area contributed by atoms with Crippen LogP contribution in [-0.4, -0.2) is 31.3 Å². The Labute approximate surface area is 338 Å². The van der Waals surface area contributed by atoms with Crippen molar-refractivity contribution < 1.29 is 113 Å². The van der Waals surface area contributed by atoms with Crippen LogP contribution in [0.5, 0.6) is 0 Å². The van der Waals surface area contributed by atoms with Gasteiger partial charge in [0.05, 0.1) is 14.4 Å². The van der Waals surface area contributed by atoms with Gasteiger partial charge < -0.3 is 28.3 Å². The van der Waals surface area contributed by atoms with Crippen LogP contribution in [0.25, 0.3) is 0 Å². The minimum absolute atomic E-state index is 0. The maximum Gasteiger partial charge on any atom is 1.00 e. The summed E-state index contributed by atoms with van der Waals surface area (Å²) in [6, 6.07) is 0. The molecule has 0 aromatic rings. The quantitative estimate of drug-likeness (QED) is 0.0454. The van der Waals surface area contributed by atoms with Gasteiger partial charge >= 0.3 is 71.1 Å². The molecule has 256 valence electrons. The number of phosphoric acid groups is 1. The molecule has 0 aliphatic carbocycles. The average Bonchev–Trinajstić information content (AvgIpc) is 2.95. The second kappa shape index (κ2) is 37.2. The molecule has 0 unspecified atom stereocenters. The molecule has 0 fully saturated rings. The fraction of sp³-hybridized carbons (Fsp3) is 0.576. The third-order valence-electron chi connectivity index (χ3n) is 5.45. The van der Waals surface area contributed by atoms with Gasteiger partial charge in [0.25, 0.3) is 0 Å². The van der Waals surface area contributed by atoms with Crippen molar-refractivity contribution in [2.24, 2.45) is 0 Å². The first-order valence-corrected chi connectivity index (χ1v) is 15.7. The predicted octanol–water partition coefficient (Wildman–Crippen LogP) is 0.635. The van der Waals surface area contributed by atoms with E-state index in [0.717, 1.165) is 19.3 Å². The second-order valence-corrected chi connectivity index (χ2v) is 10.2. The Morgan fingerprint density at radius 3 is 1.56 bits per heavy atom.